The fourth-order valence-electron chi connectivity index (χ4n) is 1.86. The van der Waals surface area contributed by atoms with Gasteiger partial charge in [-0.05, 0) is 19.0 Å². The summed E-state index contributed by atoms with van der Waals surface area (Å²) in [4.78, 5) is 13.5. The third-order valence-corrected chi connectivity index (χ3v) is 2.68. The number of nitrogens with two attached hydrogens (primary N) is 1. The van der Waals surface area contributed by atoms with Gasteiger partial charge in [0.2, 0.25) is 5.91 Å². The Kier molecular flexibility index (Phi) is 5.66. The number of carbonyl (C=O) groups is 1. The van der Waals surface area contributed by atoms with Crippen molar-refractivity contribution in [2.75, 3.05) is 27.3 Å². The van der Waals surface area contributed by atoms with E-state index in [1.54, 1.807) is 7.11 Å². The van der Waals surface area contributed by atoms with Crippen LogP contribution in [0.5, 0.6) is 0 Å². The molecule has 0 bridgehead atoms. The minimum absolute atomic E-state index is 0.323. The van der Waals surface area contributed by atoms with Crippen LogP contribution in [0.15, 0.2) is 30.3 Å². The summed E-state index contributed by atoms with van der Waals surface area (Å²) in [6.07, 6.45) is 0.879. The van der Waals surface area contributed by atoms with E-state index in [1.807, 2.05) is 42.3 Å². The number of nitrogens with zero attached hydrogens (tertiary/aromatic N) is 1. The molecule has 1 aromatic carbocycles. The second-order valence-electron chi connectivity index (χ2n) is 4.04. The first-order valence-corrected chi connectivity index (χ1v) is 5.70. The van der Waals surface area contributed by atoms with Gasteiger partial charge in [0.05, 0.1) is 0 Å². The molecule has 0 saturated carbocycles. The van der Waals surface area contributed by atoms with Crippen LogP contribution in [0, 0.1) is 0 Å². The molecule has 1 amide bonds. The Hall–Kier alpha value is -1.39. The second kappa shape index (κ2) is 7.04. The standard InChI is InChI=1S/C13H20N2O2/c1-15(9-6-10-17-2)12(13(14)16)11-7-4-3-5-8-11/h3-5,7-8,12H,6,9-10H2,1-2H3,(H2,14,16)/t12-/m0/s1. The minimum atomic E-state index is -0.368. The first-order chi connectivity index (χ1) is 8.16. The van der Waals surface area contributed by atoms with Gasteiger partial charge in [-0.1, -0.05) is 30.3 Å². The lowest BCUT2D eigenvalue weighted by Gasteiger charge is -2.25. The molecule has 2 N–H and O–H groups in total. The predicted octanol–water partition coefficient (Wildman–Crippen LogP) is 1.18. The maximum Gasteiger partial charge on any atom is 0.239 e. The number of rotatable bonds is 7. The van der Waals surface area contributed by atoms with Crippen molar-refractivity contribution >= 4 is 5.91 Å². The third-order valence-electron chi connectivity index (χ3n) is 2.68. The molecule has 0 radical (unpaired) electrons. The summed E-state index contributed by atoms with van der Waals surface area (Å²) < 4.78 is 5.00. The topological polar surface area (TPSA) is 55.6 Å². The molecule has 17 heavy (non-hydrogen) atoms. The van der Waals surface area contributed by atoms with Crippen LogP contribution in [0.4, 0.5) is 0 Å². The number of amides is 1. The molecular weight excluding hydrogens is 216 g/mol. The number of hydrogen-bond acceptors (Lipinski definition) is 3. The van der Waals surface area contributed by atoms with E-state index < -0.39 is 0 Å². The molecule has 0 aliphatic carbocycles. The molecule has 4 nitrogen and oxygen atoms in total. The van der Waals surface area contributed by atoms with Gasteiger partial charge in [-0.25, -0.2) is 0 Å². The average Bonchev–Trinajstić information content (AvgIpc) is 2.30. The second-order valence-corrected chi connectivity index (χ2v) is 4.04. The highest BCUT2D eigenvalue weighted by molar-refractivity contribution is 5.81. The smallest absolute Gasteiger partial charge is 0.239 e. The van der Waals surface area contributed by atoms with E-state index in [-0.39, 0.29) is 11.9 Å². The zero-order chi connectivity index (χ0) is 12.7. The van der Waals surface area contributed by atoms with E-state index in [0.717, 1.165) is 18.5 Å². The molecule has 0 heterocycles. The summed E-state index contributed by atoms with van der Waals surface area (Å²) in [6.45, 7) is 1.46. The molecule has 0 saturated heterocycles. The summed E-state index contributed by atoms with van der Waals surface area (Å²) >= 11 is 0. The van der Waals surface area contributed by atoms with Crippen LogP contribution in [-0.4, -0.2) is 38.1 Å². The highest BCUT2D eigenvalue weighted by Gasteiger charge is 2.21. The maximum atomic E-state index is 11.5. The Morgan fingerprint density at radius 2 is 2.06 bits per heavy atom. The predicted molar refractivity (Wildman–Crippen MR) is 67.5 cm³/mol. The molecular formula is C13H20N2O2. The lowest BCUT2D eigenvalue weighted by atomic mass is 10.1. The summed E-state index contributed by atoms with van der Waals surface area (Å²) in [5.41, 5.74) is 6.39. The van der Waals surface area contributed by atoms with E-state index in [1.165, 1.54) is 0 Å². The van der Waals surface area contributed by atoms with Gasteiger partial charge in [0, 0.05) is 20.3 Å². The van der Waals surface area contributed by atoms with Crippen LogP contribution < -0.4 is 5.73 Å². The van der Waals surface area contributed by atoms with Crippen LogP contribution in [0.3, 0.4) is 0 Å². The van der Waals surface area contributed by atoms with Crippen molar-refractivity contribution in [1.29, 1.82) is 0 Å². The quantitative estimate of drug-likeness (QED) is 0.723. The Balaban J connectivity index is 2.69. The molecule has 94 valence electrons. The number of hydrogen-bond donors (Lipinski definition) is 1. The molecule has 0 aliphatic heterocycles. The van der Waals surface area contributed by atoms with Crippen molar-refractivity contribution in [3.63, 3.8) is 0 Å². The SMILES string of the molecule is COCCCN(C)[C@H](C(N)=O)c1ccccc1. The van der Waals surface area contributed by atoms with Crippen molar-refractivity contribution in [2.24, 2.45) is 5.73 Å². The van der Waals surface area contributed by atoms with Crippen LogP contribution in [-0.2, 0) is 9.53 Å². The van der Waals surface area contributed by atoms with Gasteiger partial charge in [0.15, 0.2) is 0 Å². The van der Waals surface area contributed by atoms with E-state index in [0.29, 0.717) is 6.61 Å². The number of benzene rings is 1. The zero-order valence-electron chi connectivity index (χ0n) is 10.4. The molecule has 1 atom stereocenters. The third kappa shape index (κ3) is 4.17. The molecule has 0 aliphatic rings. The maximum absolute atomic E-state index is 11.5. The van der Waals surface area contributed by atoms with Gasteiger partial charge < -0.3 is 10.5 Å². The minimum Gasteiger partial charge on any atom is -0.385 e. The number of ether oxygens (including phenoxy) is 1. The molecule has 1 rings (SSSR count). The molecule has 0 fully saturated rings. The Morgan fingerprint density at radius 1 is 1.41 bits per heavy atom. The fourth-order valence-corrected chi connectivity index (χ4v) is 1.86. The Morgan fingerprint density at radius 3 is 2.59 bits per heavy atom. The summed E-state index contributed by atoms with van der Waals surface area (Å²) in [5.74, 6) is -0.323. The zero-order valence-corrected chi connectivity index (χ0v) is 10.4. The number of primary amides is 1. The van der Waals surface area contributed by atoms with Gasteiger partial charge >= 0.3 is 0 Å². The largest absolute Gasteiger partial charge is 0.385 e. The van der Waals surface area contributed by atoms with Crippen molar-refractivity contribution in [1.82, 2.24) is 4.90 Å². The van der Waals surface area contributed by atoms with Gasteiger partial charge in [0.1, 0.15) is 6.04 Å². The van der Waals surface area contributed by atoms with E-state index in [4.69, 9.17) is 10.5 Å². The average molecular weight is 236 g/mol. The monoisotopic (exact) mass is 236 g/mol. The van der Waals surface area contributed by atoms with Gasteiger partial charge in [0.25, 0.3) is 0 Å². The van der Waals surface area contributed by atoms with Gasteiger partial charge in [-0.15, -0.1) is 0 Å². The van der Waals surface area contributed by atoms with Crippen LogP contribution >= 0.6 is 0 Å². The van der Waals surface area contributed by atoms with Crippen molar-refractivity contribution in [2.45, 2.75) is 12.5 Å². The summed E-state index contributed by atoms with van der Waals surface area (Å²) in [5, 5.41) is 0. The molecule has 0 unspecified atom stereocenters. The summed E-state index contributed by atoms with van der Waals surface area (Å²) in [7, 11) is 3.57. The van der Waals surface area contributed by atoms with E-state index >= 15 is 0 Å². The molecule has 0 aromatic heterocycles. The number of methoxy groups -OCH3 is 1. The first kappa shape index (κ1) is 13.7. The van der Waals surface area contributed by atoms with Gasteiger partial charge in [-0.3, -0.25) is 9.69 Å². The Labute approximate surface area is 102 Å². The van der Waals surface area contributed by atoms with Crippen LogP contribution in [0.1, 0.15) is 18.0 Å². The fraction of sp³-hybridized carbons (Fsp3) is 0.462. The van der Waals surface area contributed by atoms with Crippen molar-refractivity contribution in [3.8, 4) is 0 Å². The number of likely N-dealkylation sites (N-methyl/N-ethyl adjacent to an activating group) is 1. The van der Waals surface area contributed by atoms with Crippen LogP contribution in [0.2, 0.25) is 0 Å². The highest BCUT2D eigenvalue weighted by atomic mass is 16.5. The summed E-state index contributed by atoms with van der Waals surface area (Å²) in [6, 6.07) is 9.22. The van der Waals surface area contributed by atoms with Crippen molar-refractivity contribution < 1.29 is 9.53 Å². The van der Waals surface area contributed by atoms with E-state index in [2.05, 4.69) is 0 Å². The first-order valence-electron chi connectivity index (χ1n) is 5.70. The molecule has 0 spiro atoms. The normalized spacial score (nSPS) is 12.6. The Bertz CT molecular complexity index is 341. The van der Waals surface area contributed by atoms with Crippen molar-refractivity contribution in [3.05, 3.63) is 35.9 Å². The number of carbonyl (C=O) groups excluding carboxylic acids is 1. The molecule has 1 aromatic rings. The van der Waals surface area contributed by atoms with Gasteiger partial charge in [-0.2, -0.15) is 0 Å². The lowest BCUT2D eigenvalue weighted by molar-refractivity contribution is -0.123. The highest BCUT2D eigenvalue weighted by Crippen LogP contribution is 2.18. The van der Waals surface area contributed by atoms with E-state index in [9.17, 15) is 4.79 Å². The van der Waals surface area contributed by atoms with Crippen LogP contribution in [0.25, 0.3) is 0 Å². The molecule has 4 heteroatoms. The lowest BCUT2D eigenvalue weighted by Crippen LogP contribution is -2.36.